The second-order valence-electron chi connectivity index (χ2n) is 4.25. The predicted molar refractivity (Wildman–Crippen MR) is 72.9 cm³/mol. The lowest BCUT2D eigenvalue weighted by molar-refractivity contribution is 0.0655. The second-order valence-corrected chi connectivity index (χ2v) is 4.25. The van der Waals surface area contributed by atoms with Crippen molar-refractivity contribution in [1.82, 2.24) is 10.4 Å². The highest BCUT2D eigenvalue weighted by Gasteiger charge is 2.22. The molecule has 4 nitrogen and oxygen atoms in total. The van der Waals surface area contributed by atoms with Crippen molar-refractivity contribution in [2.45, 2.75) is 25.5 Å². The predicted octanol–water partition coefficient (Wildman–Crippen LogP) is 2.16. The van der Waals surface area contributed by atoms with E-state index in [1.54, 1.807) is 13.3 Å². The fourth-order valence-electron chi connectivity index (χ4n) is 2.31. The Morgan fingerprint density at radius 2 is 2.11 bits per heavy atom. The van der Waals surface area contributed by atoms with Crippen molar-refractivity contribution in [3.63, 3.8) is 0 Å². The van der Waals surface area contributed by atoms with E-state index in [-0.39, 0.29) is 12.1 Å². The van der Waals surface area contributed by atoms with Crippen molar-refractivity contribution < 1.29 is 4.74 Å². The van der Waals surface area contributed by atoms with Gasteiger partial charge in [-0.05, 0) is 18.1 Å². The van der Waals surface area contributed by atoms with Crippen LogP contribution in [0.1, 0.15) is 24.9 Å². The van der Waals surface area contributed by atoms with Crippen molar-refractivity contribution in [2.24, 2.45) is 5.84 Å². The number of nitrogens with two attached hydrogens (primary N) is 1. The van der Waals surface area contributed by atoms with Crippen LogP contribution in [0.15, 0.2) is 36.5 Å². The van der Waals surface area contributed by atoms with Gasteiger partial charge in [0, 0.05) is 18.7 Å². The summed E-state index contributed by atoms with van der Waals surface area (Å²) in [5, 5.41) is 1.11. The normalized spacial score (nSPS) is 14.6. The van der Waals surface area contributed by atoms with Crippen LogP contribution in [-0.4, -0.2) is 18.2 Å². The number of hydrazine groups is 1. The molecule has 18 heavy (non-hydrogen) atoms. The molecule has 0 bridgehead atoms. The zero-order valence-electron chi connectivity index (χ0n) is 10.8. The SMILES string of the molecule is CCC(OC)C(NN)c1cccc2cccnc12. The number of nitrogens with zero attached hydrogens (tertiary/aromatic N) is 1. The second kappa shape index (κ2) is 5.91. The van der Waals surface area contributed by atoms with Crippen LogP contribution in [0.25, 0.3) is 10.9 Å². The molecule has 2 rings (SSSR count). The molecular formula is C14H19N3O. The van der Waals surface area contributed by atoms with Gasteiger partial charge in [0.2, 0.25) is 0 Å². The van der Waals surface area contributed by atoms with E-state index in [0.717, 1.165) is 22.9 Å². The van der Waals surface area contributed by atoms with Crippen molar-refractivity contribution in [2.75, 3.05) is 7.11 Å². The first-order valence-corrected chi connectivity index (χ1v) is 6.14. The zero-order chi connectivity index (χ0) is 13.0. The molecule has 0 amide bonds. The highest BCUT2D eigenvalue weighted by molar-refractivity contribution is 5.82. The number of hydrogen-bond donors (Lipinski definition) is 2. The summed E-state index contributed by atoms with van der Waals surface area (Å²) in [6.45, 7) is 2.08. The van der Waals surface area contributed by atoms with Crippen LogP contribution in [0.5, 0.6) is 0 Å². The average molecular weight is 245 g/mol. The van der Waals surface area contributed by atoms with E-state index in [1.165, 1.54) is 0 Å². The third-order valence-corrected chi connectivity index (χ3v) is 3.26. The summed E-state index contributed by atoms with van der Waals surface area (Å²) < 4.78 is 5.49. The molecule has 4 heteroatoms. The lowest BCUT2D eigenvalue weighted by Gasteiger charge is -2.25. The van der Waals surface area contributed by atoms with Gasteiger partial charge in [0.15, 0.2) is 0 Å². The van der Waals surface area contributed by atoms with Crippen molar-refractivity contribution >= 4 is 10.9 Å². The molecule has 1 aromatic carbocycles. The standard InChI is InChI=1S/C14H19N3O/c1-3-12(18-2)14(17-15)11-8-4-6-10-7-5-9-16-13(10)11/h4-9,12,14,17H,3,15H2,1-2H3. The maximum absolute atomic E-state index is 5.69. The number of hydrogen-bond acceptors (Lipinski definition) is 4. The summed E-state index contributed by atoms with van der Waals surface area (Å²) in [7, 11) is 1.71. The Hall–Kier alpha value is -1.49. The fourth-order valence-corrected chi connectivity index (χ4v) is 2.31. The van der Waals surface area contributed by atoms with E-state index in [4.69, 9.17) is 10.6 Å². The highest BCUT2D eigenvalue weighted by atomic mass is 16.5. The van der Waals surface area contributed by atoms with Crippen LogP contribution in [0, 0.1) is 0 Å². The first kappa shape index (κ1) is 13.0. The Morgan fingerprint density at radius 1 is 1.33 bits per heavy atom. The Balaban J connectivity index is 2.51. The molecule has 0 aliphatic heterocycles. The Labute approximate surface area is 107 Å². The molecule has 1 aromatic heterocycles. The van der Waals surface area contributed by atoms with E-state index >= 15 is 0 Å². The van der Waals surface area contributed by atoms with Gasteiger partial charge in [0.25, 0.3) is 0 Å². The van der Waals surface area contributed by atoms with E-state index in [0.29, 0.717) is 0 Å². The molecule has 0 aliphatic carbocycles. The maximum atomic E-state index is 5.69. The number of ether oxygens (including phenoxy) is 1. The molecule has 2 aromatic rings. The minimum absolute atomic E-state index is 0.0302. The van der Waals surface area contributed by atoms with Crippen LogP contribution >= 0.6 is 0 Å². The number of methoxy groups -OCH3 is 1. The van der Waals surface area contributed by atoms with Gasteiger partial charge in [-0.15, -0.1) is 0 Å². The Bertz CT molecular complexity index is 506. The topological polar surface area (TPSA) is 60.2 Å². The first-order chi connectivity index (χ1) is 8.81. The fraction of sp³-hybridized carbons (Fsp3) is 0.357. The number of aromatic nitrogens is 1. The van der Waals surface area contributed by atoms with E-state index < -0.39 is 0 Å². The minimum Gasteiger partial charge on any atom is -0.379 e. The number of rotatable bonds is 5. The molecule has 96 valence electrons. The van der Waals surface area contributed by atoms with Gasteiger partial charge in [-0.25, -0.2) is 0 Å². The highest BCUT2D eigenvalue weighted by Crippen LogP contribution is 2.26. The van der Waals surface area contributed by atoms with Crippen LogP contribution in [0.2, 0.25) is 0 Å². The third-order valence-electron chi connectivity index (χ3n) is 3.26. The van der Waals surface area contributed by atoms with Gasteiger partial charge < -0.3 is 4.74 Å². The molecule has 0 spiro atoms. The van der Waals surface area contributed by atoms with Crippen LogP contribution in [0.3, 0.4) is 0 Å². The summed E-state index contributed by atoms with van der Waals surface area (Å²) in [6.07, 6.45) is 2.71. The zero-order valence-corrected chi connectivity index (χ0v) is 10.8. The van der Waals surface area contributed by atoms with Gasteiger partial charge >= 0.3 is 0 Å². The molecular weight excluding hydrogens is 226 g/mol. The average Bonchev–Trinajstić information content (AvgIpc) is 2.44. The molecule has 0 saturated carbocycles. The molecule has 2 unspecified atom stereocenters. The van der Waals surface area contributed by atoms with Gasteiger partial charge in [-0.2, -0.15) is 0 Å². The molecule has 0 aliphatic rings. The van der Waals surface area contributed by atoms with E-state index in [2.05, 4.69) is 17.3 Å². The van der Waals surface area contributed by atoms with Crippen molar-refractivity contribution in [1.29, 1.82) is 0 Å². The van der Waals surface area contributed by atoms with Crippen LogP contribution < -0.4 is 11.3 Å². The van der Waals surface area contributed by atoms with E-state index in [9.17, 15) is 0 Å². The van der Waals surface area contributed by atoms with Gasteiger partial charge in [-0.1, -0.05) is 31.2 Å². The Morgan fingerprint density at radius 3 is 2.78 bits per heavy atom. The summed E-state index contributed by atoms with van der Waals surface area (Å²) in [4.78, 5) is 4.45. The lowest BCUT2D eigenvalue weighted by Crippen LogP contribution is -2.37. The number of fused-ring (bicyclic) bond motifs is 1. The largest absolute Gasteiger partial charge is 0.379 e. The summed E-state index contributed by atoms with van der Waals surface area (Å²) in [5.74, 6) is 5.69. The Kier molecular flexibility index (Phi) is 4.25. The summed E-state index contributed by atoms with van der Waals surface area (Å²) in [6, 6.07) is 10.0. The monoisotopic (exact) mass is 245 g/mol. The van der Waals surface area contributed by atoms with Crippen LogP contribution in [-0.2, 0) is 4.74 Å². The first-order valence-electron chi connectivity index (χ1n) is 6.14. The molecule has 0 fully saturated rings. The maximum Gasteiger partial charge on any atom is 0.0777 e. The van der Waals surface area contributed by atoms with Gasteiger partial charge in [-0.3, -0.25) is 16.3 Å². The number of para-hydroxylation sites is 1. The number of nitrogens with one attached hydrogen (secondary N) is 1. The van der Waals surface area contributed by atoms with Crippen molar-refractivity contribution in [3.05, 3.63) is 42.1 Å². The molecule has 2 atom stereocenters. The lowest BCUT2D eigenvalue weighted by atomic mass is 9.97. The van der Waals surface area contributed by atoms with Crippen molar-refractivity contribution in [3.8, 4) is 0 Å². The summed E-state index contributed by atoms with van der Waals surface area (Å²) >= 11 is 0. The molecule has 1 heterocycles. The number of pyridine rings is 1. The molecule has 3 N–H and O–H groups in total. The minimum atomic E-state index is -0.0569. The quantitative estimate of drug-likeness (QED) is 0.626. The van der Waals surface area contributed by atoms with E-state index in [1.807, 2.05) is 30.3 Å². The van der Waals surface area contributed by atoms with Gasteiger partial charge in [0.1, 0.15) is 0 Å². The smallest absolute Gasteiger partial charge is 0.0777 e. The van der Waals surface area contributed by atoms with Gasteiger partial charge in [0.05, 0.1) is 17.7 Å². The number of benzene rings is 1. The third kappa shape index (κ3) is 2.36. The van der Waals surface area contributed by atoms with Crippen LogP contribution in [0.4, 0.5) is 0 Å². The molecule has 0 radical (unpaired) electrons. The summed E-state index contributed by atoms with van der Waals surface area (Å²) in [5.41, 5.74) is 4.89. The molecule has 0 saturated heterocycles.